The molecule has 108 valence electrons. The van der Waals surface area contributed by atoms with Crippen molar-refractivity contribution in [3.05, 3.63) is 23.7 Å². The standard InChI is InChI=1S/C15H26N2O2/c1-3-7-16-10-14-5-6-15(19-14)12-17-8-4-9-18-13(2)11-17/h5-6,13,16H,3-4,7-12H2,1-2H3. The van der Waals surface area contributed by atoms with Gasteiger partial charge in [0, 0.05) is 19.7 Å². The normalized spacial score (nSPS) is 21.5. The van der Waals surface area contributed by atoms with Gasteiger partial charge in [0.25, 0.3) is 0 Å². The van der Waals surface area contributed by atoms with E-state index in [9.17, 15) is 0 Å². The predicted octanol–water partition coefficient (Wildman–Crippen LogP) is 2.39. The van der Waals surface area contributed by atoms with Gasteiger partial charge in [-0.1, -0.05) is 6.92 Å². The number of furan rings is 1. The third-order valence-corrected chi connectivity index (χ3v) is 3.36. The molecule has 1 saturated heterocycles. The minimum atomic E-state index is 0.322. The molecule has 19 heavy (non-hydrogen) atoms. The highest BCUT2D eigenvalue weighted by atomic mass is 16.5. The molecule has 1 fully saturated rings. The first-order valence-corrected chi connectivity index (χ1v) is 7.40. The second-order valence-electron chi connectivity index (χ2n) is 5.31. The highest BCUT2D eigenvalue weighted by Gasteiger charge is 2.16. The summed E-state index contributed by atoms with van der Waals surface area (Å²) in [4.78, 5) is 2.42. The van der Waals surface area contributed by atoms with Gasteiger partial charge in [0.15, 0.2) is 0 Å². The average molecular weight is 266 g/mol. The molecule has 4 nitrogen and oxygen atoms in total. The van der Waals surface area contributed by atoms with E-state index in [1.165, 1.54) is 0 Å². The van der Waals surface area contributed by atoms with Crippen LogP contribution < -0.4 is 5.32 Å². The molecule has 1 atom stereocenters. The number of nitrogens with zero attached hydrogens (tertiary/aromatic N) is 1. The highest BCUT2D eigenvalue weighted by molar-refractivity contribution is 5.07. The molecule has 4 heteroatoms. The Labute approximate surface area is 116 Å². The molecule has 1 aliphatic rings. The van der Waals surface area contributed by atoms with Crippen LogP contribution in [-0.2, 0) is 17.8 Å². The van der Waals surface area contributed by atoms with E-state index in [-0.39, 0.29) is 0 Å². The first-order valence-electron chi connectivity index (χ1n) is 7.40. The molecule has 0 bridgehead atoms. The molecule has 0 saturated carbocycles. The van der Waals surface area contributed by atoms with Crippen LogP contribution in [0.15, 0.2) is 16.5 Å². The molecular weight excluding hydrogens is 240 g/mol. The van der Waals surface area contributed by atoms with Crippen molar-refractivity contribution in [2.24, 2.45) is 0 Å². The summed E-state index contributed by atoms with van der Waals surface area (Å²) < 4.78 is 11.5. The van der Waals surface area contributed by atoms with Gasteiger partial charge in [-0.2, -0.15) is 0 Å². The van der Waals surface area contributed by atoms with Crippen molar-refractivity contribution >= 4 is 0 Å². The van der Waals surface area contributed by atoms with E-state index in [2.05, 4.69) is 36.2 Å². The lowest BCUT2D eigenvalue weighted by Crippen LogP contribution is -2.29. The zero-order valence-corrected chi connectivity index (χ0v) is 12.2. The number of ether oxygens (including phenoxy) is 1. The number of nitrogens with one attached hydrogen (secondary N) is 1. The fraction of sp³-hybridized carbons (Fsp3) is 0.733. The Morgan fingerprint density at radius 3 is 3.05 bits per heavy atom. The van der Waals surface area contributed by atoms with Crippen molar-refractivity contribution in [2.75, 3.05) is 26.2 Å². The van der Waals surface area contributed by atoms with Gasteiger partial charge in [0.05, 0.1) is 19.2 Å². The Balaban J connectivity index is 1.81. The number of hydrogen-bond acceptors (Lipinski definition) is 4. The summed E-state index contributed by atoms with van der Waals surface area (Å²) in [6.07, 6.45) is 2.58. The monoisotopic (exact) mass is 266 g/mol. The van der Waals surface area contributed by atoms with Crippen LogP contribution in [0.2, 0.25) is 0 Å². The van der Waals surface area contributed by atoms with E-state index in [4.69, 9.17) is 9.15 Å². The van der Waals surface area contributed by atoms with Gasteiger partial charge in [0.1, 0.15) is 11.5 Å². The summed E-state index contributed by atoms with van der Waals surface area (Å²) in [5.74, 6) is 2.09. The summed E-state index contributed by atoms with van der Waals surface area (Å²) in [6, 6.07) is 4.18. The maximum atomic E-state index is 5.86. The van der Waals surface area contributed by atoms with Crippen molar-refractivity contribution in [3.63, 3.8) is 0 Å². The number of hydrogen-bond donors (Lipinski definition) is 1. The number of rotatable bonds is 6. The first-order chi connectivity index (χ1) is 9.28. The fourth-order valence-electron chi connectivity index (χ4n) is 2.43. The van der Waals surface area contributed by atoms with Crippen LogP contribution >= 0.6 is 0 Å². The molecule has 1 aromatic rings. The van der Waals surface area contributed by atoms with E-state index in [0.717, 1.165) is 63.7 Å². The summed E-state index contributed by atoms with van der Waals surface area (Å²) >= 11 is 0. The molecule has 0 spiro atoms. The van der Waals surface area contributed by atoms with Crippen molar-refractivity contribution < 1.29 is 9.15 Å². The minimum Gasteiger partial charge on any atom is -0.463 e. The fourth-order valence-corrected chi connectivity index (χ4v) is 2.43. The van der Waals surface area contributed by atoms with Gasteiger partial charge in [-0.15, -0.1) is 0 Å². The van der Waals surface area contributed by atoms with Crippen LogP contribution in [0.5, 0.6) is 0 Å². The molecule has 1 aromatic heterocycles. The van der Waals surface area contributed by atoms with Crippen LogP contribution in [0.25, 0.3) is 0 Å². The second kappa shape index (κ2) is 7.68. The maximum Gasteiger partial charge on any atom is 0.118 e. The molecule has 2 rings (SSSR count). The van der Waals surface area contributed by atoms with Crippen molar-refractivity contribution in [3.8, 4) is 0 Å². The van der Waals surface area contributed by atoms with Gasteiger partial charge in [0.2, 0.25) is 0 Å². The topological polar surface area (TPSA) is 37.6 Å². The molecule has 1 N–H and O–H groups in total. The zero-order valence-electron chi connectivity index (χ0n) is 12.2. The Kier molecular flexibility index (Phi) is 5.89. The maximum absolute atomic E-state index is 5.86. The van der Waals surface area contributed by atoms with Crippen LogP contribution in [0.1, 0.15) is 38.2 Å². The molecule has 0 aromatic carbocycles. The lowest BCUT2D eigenvalue weighted by atomic mass is 10.3. The van der Waals surface area contributed by atoms with E-state index >= 15 is 0 Å². The minimum absolute atomic E-state index is 0.322. The van der Waals surface area contributed by atoms with Gasteiger partial charge in [-0.25, -0.2) is 0 Å². The summed E-state index contributed by atoms with van der Waals surface area (Å²) in [6.45, 7) is 10.0. The van der Waals surface area contributed by atoms with Crippen LogP contribution in [0.3, 0.4) is 0 Å². The molecule has 0 aliphatic carbocycles. The molecular formula is C15H26N2O2. The summed E-state index contributed by atoms with van der Waals surface area (Å²) in [5, 5.41) is 3.36. The van der Waals surface area contributed by atoms with Crippen molar-refractivity contribution in [2.45, 2.75) is 45.9 Å². The third-order valence-electron chi connectivity index (χ3n) is 3.36. The van der Waals surface area contributed by atoms with Crippen molar-refractivity contribution in [1.82, 2.24) is 10.2 Å². The average Bonchev–Trinajstić information content (AvgIpc) is 2.72. The molecule has 0 amide bonds. The van der Waals surface area contributed by atoms with E-state index < -0.39 is 0 Å². The first kappa shape index (κ1) is 14.6. The van der Waals surface area contributed by atoms with Gasteiger partial charge >= 0.3 is 0 Å². The van der Waals surface area contributed by atoms with Crippen LogP contribution in [0.4, 0.5) is 0 Å². The Hall–Kier alpha value is -0.840. The zero-order chi connectivity index (χ0) is 13.5. The molecule has 2 heterocycles. The summed E-state index contributed by atoms with van der Waals surface area (Å²) in [7, 11) is 0. The van der Waals surface area contributed by atoms with Crippen LogP contribution in [-0.4, -0.2) is 37.2 Å². The predicted molar refractivity (Wildman–Crippen MR) is 76.0 cm³/mol. The molecule has 0 radical (unpaired) electrons. The molecule has 1 unspecified atom stereocenters. The van der Waals surface area contributed by atoms with Gasteiger partial charge in [-0.05, 0) is 38.4 Å². The lowest BCUT2D eigenvalue weighted by Gasteiger charge is -2.20. The van der Waals surface area contributed by atoms with E-state index in [0.29, 0.717) is 6.10 Å². The van der Waals surface area contributed by atoms with Gasteiger partial charge in [-0.3, -0.25) is 4.90 Å². The SMILES string of the molecule is CCCNCc1ccc(CN2CCCOC(C)C2)o1. The highest BCUT2D eigenvalue weighted by Crippen LogP contribution is 2.13. The Morgan fingerprint density at radius 2 is 2.21 bits per heavy atom. The quantitative estimate of drug-likeness (QED) is 0.802. The second-order valence-corrected chi connectivity index (χ2v) is 5.31. The Bertz CT molecular complexity index is 365. The summed E-state index contributed by atoms with van der Waals surface area (Å²) in [5.41, 5.74) is 0. The van der Waals surface area contributed by atoms with E-state index in [1.54, 1.807) is 0 Å². The van der Waals surface area contributed by atoms with Crippen LogP contribution in [0, 0.1) is 0 Å². The van der Waals surface area contributed by atoms with Crippen molar-refractivity contribution in [1.29, 1.82) is 0 Å². The lowest BCUT2D eigenvalue weighted by molar-refractivity contribution is 0.0658. The van der Waals surface area contributed by atoms with Gasteiger partial charge < -0.3 is 14.5 Å². The third kappa shape index (κ3) is 4.97. The largest absolute Gasteiger partial charge is 0.463 e. The van der Waals surface area contributed by atoms with E-state index in [1.807, 2.05) is 0 Å². The Morgan fingerprint density at radius 1 is 1.37 bits per heavy atom. The molecule has 1 aliphatic heterocycles. The smallest absolute Gasteiger partial charge is 0.118 e.